The van der Waals surface area contributed by atoms with Gasteiger partial charge in [0.05, 0.1) is 0 Å². The third-order valence-electron chi connectivity index (χ3n) is 1.99. The lowest BCUT2D eigenvalue weighted by molar-refractivity contribution is -0.118. The minimum Gasteiger partial charge on any atom is -0.350 e. The molecule has 76 valence electrons. The number of nitrogens with one attached hydrogen (secondary N) is 2. The molecule has 0 fully saturated rings. The highest BCUT2D eigenvalue weighted by atomic mass is 16.2. The number of primary amides is 1. The molecule has 0 heterocycles. The zero-order valence-corrected chi connectivity index (χ0v) is 7.91. The van der Waals surface area contributed by atoms with Gasteiger partial charge in [0.2, 0.25) is 0 Å². The smallest absolute Gasteiger partial charge is 0.330 e. The van der Waals surface area contributed by atoms with Crippen LogP contribution in [0.3, 0.4) is 0 Å². The van der Waals surface area contributed by atoms with Gasteiger partial charge >= 0.3 is 6.03 Å². The monoisotopic (exact) mass is 195 g/mol. The lowest BCUT2D eigenvalue weighted by Gasteiger charge is -2.16. The van der Waals surface area contributed by atoms with E-state index >= 15 is 0 Å². The van der Waals surface area contributed by atoms with Crippen LogP contribution >= 0.6 is 0 Å². The van der Waals surface area contributed by atoms with Crippen LogP contribution in [0.1, 0.15) is 13.3 Å². The van der Waals surface area contributed by atoms with Gasteiger partial charge in [-0.2, -0.15) is 0 Å². The molecule has 5 heteroatoms. The summed E-state index contributed by atoms with van der Waals surface area (Å²) in [6.45, 7) is 1.94. The lowest BCUT2D eigenvalue weighted by atomic mass is 9.93. The zero-order valence-electron chi connectivity index (χ0n) is 7.91. The summed E-state index contributed by atoms with van der Waals surface area (Å²) in [4.78, 5) is 21.8. The van der Waals surface area contributed by atoms with Gasteiger partial charge in [0.15, 0.2) is 0 Å². The Morgan fingerprint density at radius 2 is 2.21 bits per heavy atom. The topological polar surface area (TPSA) is 84.2 Å². The second kappa shape index (κ2) is 4.45. The van der Waals surface area contributed by atoms with Crippen molar-refractivity contribution >= 4 is 11.9 Å². The normalized spacial score (nSPS) is 19.8. The molecule has 1 rings (SSSR count). The number of hydrazine groups is 1. The molecule has 1 atom stereocenters. The van der Waals surface area contributed by atoms with E-state index in [0.29, 0.717) is 5.57 Å². The molecule has 0 aromatic carbocycles. The number of amides is 3. The Balaban J connectivity index is 2.55. The second-order valence-electron chi connectivity index (χ2n) is 3.13. The summed E-state index contributed by atoms with van der Waals surface area (Å²) in [5.74, 6) is -0.157. The van der Waals surface area contributed by atoms with Crippen molar-refractivity contribution in [1.29, 1.82) is 0 Å². The van der Waals surface area contributed by atoms with Crippen molar-refractivity contribution in [2.45, 2.75) is 13.3 Å². The largest absolute Gasteiger partial charge is 0.350 e. The molecule has 4 N–H and O–H groups in total. The second-order valence-corrected chi connectivity index (χ2v) is 3.13. The number of rotatable bonds is 1. The Morgan fingerprint density at radius 1 is 1.50 bits per heavy atom. The molecular formula is C9H13N3O2. The van der Waals surface area contributed by atoms with E-state index in [1.165, 1.54) is 0 Å². The van der Waals surface area contributed by atoms with Gasteiger partial charge in [-0.1, -0.05) is 25.2 Å². The van der Waals surface area contributed by atoms with Crippen molar-refractivity contribution in [2.24, 2.45) is 11.7 Å². The van der Waals surface area contributed by atoms with E-state index in [0.717, 1.165) is 6.42 Å². The van der Waals surface area contributed by atoms with E-state index in [9.17, 15) is 9.59 Å². The van der Waals surface area contributed by atoms with E-state index in [2.05, 4.69) is 5.43 Å². The Labute approximate surface area is 82.0 Å². The summed E-state index contributed by atoms with van der Waals surface area (Å²) in [7, 11) is 0. The van der Waals surface area contributed by atoms with Crippen molar-refractivity contribution in [1.82, 2.24) is 10.9 Å². The minimum absolute atomic E-state index is 0.162. The first-order chi connectivity index (χ1) is 6.61. The van der Waals surface area contributed by atoms with Crippen LogP contribution in [0.5, 0.6) is 0 Å². The van der Waals surface area contributed by atoms with Crippen molar-refractivity contribution in [3.05, 3.63) is 23.8 Å². The first-order valence-corrected chi connectivity index (χ1v) is 4.33. The maximum Gasteiger partial charge on any atom is 0.330 e. The van der Waals surface area contributed by atoms with E-state index in [1.54, 1.807) is 6.08 Å². The van der Waals surface area contributed by atoms with Crippen molar-refractivity contribution in [3.8, 4) is 0 Å². The van der Waals surface area contributed by atoms with E-state index in [1.807, 2.05) is 24.5 Å². The number of allylic oxidation sites excluding steroid dienone is 3. The highest BCUT2D eigenvalue weighted by Crippen LogP contribution is 2.19. The molecule has 0 aliphatic heterocycles. The Bertz CT molecular complexity index is 307. The van der Waals surface area contributed by atoms with Crippen LogP contribution in [0.2, 0.25) is 0 Å². The van der Waals surface area contributed by atoms with Gasteiger partial charge in [-0.05, 0) is 12.3 Å². The zero-order chi connectivity index (χ0) is 10.6. The summed E-state index contributed by atoms with van der Waals surface area (Å²) < 4.78 is 0. The van der Waals surface area contributed by atoms with Crippen LogP contribution in [0.15, 0.2) is 23.8 Å². The third-order valence-corrected chi connectivity index (χ3v) is 1.99. The molecule has 0 saturated heterocycles. The van der Waals surface area contributed by atoms with Crippen LogP contribution in [0, 0.1) is 5.92 Å². The molecule has 1 unspecified atom stereocenters. The first-order valence-electron chi connectivity index (χ1n) is 4.33. The van der Waals surface area contributed by atoms with Gasteiger partial charge in [0.25, 0.3) is 5.91 Å². The van der Waals surface area contributed by atoms with Gasteiger partial charge in [-0.3, -0.25) is 10.2 Å². The number of carbonyl (C=O) groups excluding carboxylic acids is 2. The van der Waals surface area contributed by atoms with Crippen molar-refractivity contribution in [2.75, 3.05) is 0 Å². The van der Waals surface area contributed by atoms with Gasteiger partial charge in [0, 0.05) is 5.57 Å². The fraction of sp³-hybridized carbons (Fsp3) is 0.333. The van der Waals surface area contributed by atoms with Gasteiger partial charge in [-0.15, -0.1) is 0 Å². The Hall–Kier alpha value is -1.78. The van der Waals surface area contributed by atoms with Gasteiger partial charge < -0.3 is 5.73 Å². The maximum atomic E-state index is 11.4. The molecule has 1 aliphatic carbocycles. The molecular weight excluding hydrogens is 182 g/mol. The van der Waals surface area contributed by atoms with Crippen LogP contribution < -0.4 is 16.6 Å². The number of urea groups is 1. The highest BCUT2D eigenvalue weighted by Gasteiger charge is 2.17. The van der Waals surface area contributed by atoms with Crippen molar-refractivity contribution < 1.29 is 9.59 Å². The third kappa shape index (κ3) is 2.62. The maximum absolute atomic E-state index is 11.4. The number of hydrogen-bond acceptors (Lipinski definition) is 2. The Morgan fingerprint density at radius 3 is 2.79 bits per heavy atom. The number of hydrogen-bond donors (Lipinski definition) is 3. The summed E-state index contributed by atoms with van der Waals surface area (Å²) in [5, 5.41) is 0. The van der Waals surface area contributed by atoms with Crippen LogP contribution in [0.25, 0.3) is 0 Å². The fourth-order valence-corrected chi connectivity index (χ4v) is 1.24. The molecule has 3 amide bonds. The highest BCUT2D eigenvalue weighted by molar-refractivity contribution is 5.95. The molecule has 0 aromatic rings. The lowest BCUT2D eigenvalue weighted by Crippen LogP contribution is -2.45. The standard InChI is InChI=1S/C9H13N3O2/c1-6-4-2-3-5-7(6)8(13)11-12-9(10)14/h2-3,5-6H,4H2,1H3,(H,11,13)(H3,10,12,14). The summed E-state index contributed by atoms with van der Waals surface area (Å²) in [6, 6.07) is -0.780. The van der Waals surface area contributed by atoms with Gasteiger partial charge in [0.1, 0.15) is 0 Å². The molecule has 14 heavy (non-hydrogen) atoms. The molecule has 0 radical (unpaired) electrons. The summed E-state index contributed by atoms with van der Waals surface area (Å²) in [5.41, 5.74) is 9.70. The van der Waals surface area contributed by atoms with E-state index in [-0.39, 0.29) is 11.8 Å². The predicted molar refractivity (Wildman–Crippen MR) is 51.9 cm³/mol. The fourth-order valence-electron chi connectivity index (χ4n) is 1.24. The summed E-state index contributed by atoms with van der Waals surface area (Å²) >= 11 is 0. The van der Waals surface area contributed by atoms with Crippen LogP contribution in [0.4, 0.5) is 4.79 Å². The number of carbonyl (C=O) groups is 2. The van der Waals surface area contributed by atoms with Crippen molar-refractivity contribution in [3.63, 3.8) is 0 Å². The molecule has 1 aliphatic rings. The predicted octanol–water partition coefficient (Wildman–Crippen LogP) is 0.208. The van der Waals surface area contributed by atoms with Crippen LogP contribution in [-0.2, 0) is 4.79 Å². The minimum atomic E-state index is -0.780. The molecule has 5 nitrogen and oxygen atoms in total. The molecule has 0 saturated carbocycles. The SMILES string of the molecule is CC1CC=CC=C1C(=O)NNC(N)=O. The molecule has 0 bridgehead atoms. The molecule has 0 aromatic heterocycles. The van der Waals surface area contributed by atoms with E-state index < -0.39 is 6.03 Å². The average molecular weight is 195 g/mol. The summed E-state index contributed by atoms with van der Waals surface area (Å²) in [6.07, 6.45) is 6.37. The quantitative estimate of drug-likeness (QED) is 0.522. The first kappa shape index (κ1) is 10.3. The van der Waals surface area contributed by atoms with Gasteiger partial charge in [-0.25, -0.2) is 10.2 Å². The van der Waals surface area contributed by atoms with E-state index in [4.69, 9.17) is 5.73 Å². The Kier molecular flexibility index (Phi) is 3.28. The number of nitrogens with two attached hydrogens (primary N) is 1. The molecule has 0 spiro atoms. The average Bonchev–Trinajstić information content (AvgIpc) is 2.15. The van der Waals surface area contributed by atoms with Crippen LogP contribution in [-0.4, -0.2) is 11.9 Å².